The van der Waals surface area contributed by atoms with E-state index in [0.717, 1.165) is 12.8 Å². The summed E-state index contributed by atoms with van der Waals surface area (Å²) in [5.74, 6) is -2.21. The van der Waals surface area contributed by atoms with Gasteiger partial charge in [0.05, 0.1) is 29.3 Å². The first kappa shape index (κ1) is 27.5. The van der Waals surface area contributed by atoms with E-state index in [2.05, 4.69) is 12.1 Å². The zero-order valence-electron chi connectivity index (χ0n) is 23.5. The van der Waals surface area contributed by atoms with Gasteiger partial charge in [0.15, 0.2) is 12.4 Å². The van der Waals surface area contributed by atoms with Crippen molar-refractivity contribution in [2.45, 2.75) is 18.8 Å². The number of hydrogen-bond acceptors (Lipinski definition) is 8. The molecule has 220 valence electrons. The minimum Gasteiger partial charge on any atom is -0.457 e. The van der Waals surface area contributed by atoms with E-state index in [1.54, 1.807) is 18.2 Å². The van der Waals surface area contributed by atoms with E-state index in [1.165, 1.54) is 59.2 Å². The van der Waals surface area contributed by atoms with Gasteiger partial charge in [-0.2, -0.15) is 0 Å². The molecule has 3 aromatic carbocycles. The van der Waals surface area contributed by atoms with Crippen LogP contribution in [0.25, 0.3) is 0 Å². The Morgan fingerprint density at radius 3 is 2.30 bits per heavy atom. The second-order valence-corrected chi connectivity index (χ2v) is 11.4. The molecular weight excluding hydrogens is 562 g/mol. The second kappa shape index (κ2) is 11.1. The minimum atomic E-state index is -0.757. The van der Waals surface area contributed by atoms with Gasteiger partial charge >= 0.3 is 11.9 Å². The Bertz CT molecular complexity index is 1760. The molecule has 0 radical (unpaired) electrons. The van der Waals surface area contributed by atoms with Crippen molar-refractivity contribution in [2.75, 3.05) is 11.5 Å². The van der Waals surface area contributed by atoms with Crippen molar-refractivity contribution in [3.8, 4) is 5.75 Å². The zero-order valence-corrected chi connectivity index (χ0v) is 23.5. The monoisotopic (exact) mass is 589 g/mol. The molecule has 3 aliphatic rings. The topological polar surface area (TPSA) is 120 Å². The molecule has 9 heteroatoms. The van der Waals surface area contributed by atoms with Gasteiger partial charge in [0.2, 0.25) is 17.6 Å². The van der Waals surface area contributed by atoms with Crippen LogP contribution in [0.5, 0.6) is 5.75 Å². The third kappa shape index (κ3) is 4.80. The second-order valence-electron chi connectivity index (χ2n) is 11.4. The Morgan fingerprint density at radius 1 is 0.773 bits per heavy atom. The number of ketones is 1. The molecule has 4 aromatic rings. The molecule has 3 fully saturated rings. The smallest absolute Gasteiger partial charge is 0.379 e. The van der Waals surface area contributed by atoms with E-state index in [-0.39, 0.29) is 64.0 Å². The van der Waals surface area contributed by atoms with E-state index in [9.17, 15) is 24.0 Å². The lowest BCUT2D eigenvalue weighted by Crippen LogP contribution is -2.33. The summed E-state index contributed by atoms with van der Waals surface area (Å²) >= 11 is 0. The summed E-state index contributed by atoms with van der Waals surface area (Å²) in [6, 6.07) is 25.2. The number of rotatable bonds is 8. The number of imide groups is 1. The van der Waals surface area contributed by atoms with Crippen molar-refractivity contribution >= 4 is 35.2 Å². The predicted octanol–water partition coefficient (Wildman–Crippen LogP) is 5.47. The first-order valence-corrected chi connectivity index (χ1v) is 14.5. The van der Waals surface area contributed by atoms with Crippen LogP contribution in [0, 0.1) is 23.7 Å². The van der Waals surface area contributed by atoms with Gasteiger partial charge < -0.3 is 13.9 Å². The molecule has 7 rings (SSSR count). The van der Waals surface area contributed by atoms with E-state index in [1.807, 2.05) is 18.2 Å². The number of furan rings is 1. The number of esters is 2. The first-order valence-electron chi connectivity index (χ1n) is 14.5. The zero-order chi connectivity index (χ0) is 30.4. The molecular formula is C35H27NO8. The molecule has 2 heterocycles. The lowest BCUT2D eigenvalue weighted by atomic mass is 9.73. The fourth-order valence-electron chi connectivity index (χ4n) is 7.13. The van der Waals surface area contributed by atoms with Crippen molar-refractivity contribution in [3.05, 3.63) is 120 Å². The Kier molecular flexibility index (Phi) is 6.93. The van der Waals surface area contributed by atoms with E-state index in [0.29, 0.717) is 5.69 Å². The molecule has 2 bridgehead atoms. The number of Topliss-reactive ketones (excluding diaryl/α,β-unsaturated/α-hetero) is 1. The van der Waals surface area contributed by atoms with Crippen LogP contribution in [0.1, 0.15) is 55.6 Å². The molecule has 0 unspecified atom stereocenters. The standard InChI is InChI=1S/C35H27NO8/c37-28(21-11-13-25(14-12-21)44-35(41)29-10-5-15-42-29)19-43-34(40)22-8-4-9-24(16-22)36-32(38)30-23-17-26(20-6-2-1-3-7-20)27(18-23)31(30)33(36)39/h1-16,23,26-27,30-31H,17-19H2/t23-,26-,27+,30+,31+/m0/s1. The van der Waals surface area contributed by atoms with Crippen LogP contribution in [0.2, 0.25) is 0 Å². The van der Waals surface area contributed by atoms with Crippen LogP contribution in [0.4, 0.5) is 5.69 Å². The van der Waals surface area contributed by atoms with Crippen LogP contribution in [0.3, 0.4) is 0 Å². The third-order valence-corrected chi connectivity index (χ3v) is 9.03. The number of benzene rings is 3. The first-order chi connectivity index (χ1) is 21.4. The van der Waals surface area contributed by atoms with E-state index in [4.69, 9.17) is 13.9 Å². The van der Waals surface area contributed by atoms with Gasteiger partial charge in [0, 0.05) is 5.56 Å². The van der Waals surface area contributed by atoms with Gasteiger partial charge in [-0.25, -0.2) is 9.59 Å². The van der Waals surface area contributed by atoms with Crippen LogP contribution in [-0.4, -0.2) is 36.1 Å². The average molecular weight is 590 g/mol. The predicted molar refractivity (Wildman–Crippen MR) is 156 cm³/mol. The summed E-state index contributed by atoms with van der Waals surface area (Å²) < 4.78 is 15.5. The van der Waals surface area contributed by atoms with E-state index >= 15 is 0 Å². The van der Waals surface area contributed by atoms with Crippen molar-refractivity contribution in [3.63, 3.8) is 0 Å². The van der Waals surface area contributed by atoms with Gasteiger partial charge in [0.1, 0.15) is 5.75 Å². The minimum absolute atomic E-state index is 0.0475. The molecule has 1 aromatic heterocycles. The quantitative estimate of drug-likeness (QED) is 0.115. The maximum atomic E-state index is 13.7. The summed E-state index contributed by atoms with van der Waals surface area (Å²) in [5, 5.41) is 0. The summed E-state index contributed by atoms with van der Waals surface area (Å²) in [4.78, 5) is 66.0. The Morgan fingerprint density at radius 2 is 1.55 bits per heavy atom. The largest absolute Gasteiger partial charge is 0.457 e. The molecule has 2 saturated carbocycles. The Hall–Kier alpha value is -5.31. The van der Waals surface area contributed by atoms with Crippen molar-refractivity contribution < 1.29 is 37.9 Å². The van der Waals surface area contributed by atoms with Gasteiger partial charge in [-0.15, -0.1) is 0 Å². The van der Waals surface area contributed by atoms with E-state index < -0.39 is 24.3 Å². The molecule has 9 nitrogen and oxygen atoms in total. The van der Waals surface area contributed by atoms with Gasteiger partial charge in [-0.1, -0.05) is 36.4 Å². The van der Waals surface area contributed by atoms with Crippen LogP contribution >= 0.6 is 0 Å². The molecule has 2 aliphatic carbocycles. The number of fused-ring (bicyclic) bond motifs is 5. The summed E-state index contributed by atoms with van der Waals surface area (Å²) in [6.45, 7) is -0.523. The average Bonchev–Trinajstić information content (AvgIpc) is 3.85. The maximum absolute atomic E-state index is 13.7. The molecule has 1 aliphatic heterocycles. The Labute approximate surface area is 252 Å². The molecule has 5 atom stereocenters. The summed E-state index contributed by atoms with van der Waals surface area (Å²) in [7, 11) is 0. The third-order valence-electron chi connectivity index (χ3n) is 9.03. The maximum Gasteiger partial charge on any atom is 0.379 e. The number of ether oxygens (including phenoxy) is 2. The number of anilines is 1. The van der Waals surface area contributed by atoms with Crippen LogP contribution in [-0.2, 0) is 14.3 Å². The van der Waals surface area contributed by atoms with Gasteiger partial charge in [-0.05, 0) is 90.8 Å². The van der Waals surface area contributed by atoms with Crippen molar-refractivity contribution in [1.82, 2.24) is 0 Å². The molecule has 1 saturated heterocycles. The summed E-state index contributed by atoms with van der Waals surface area (Å²) in [6.07, 6.45) is 3.12. The van der Waals surface area contributed by atoms with Crippen molar-refractivity contribution in [2.24, 2.45) is 23.7 Å². The highest BCUT2D eigenvalue weighted by molar-refractivity contribution is 6.23. The normalized spacial score (nSPS) is 23.5. The van der Waals surface area contributed by atoms with Crippen LogP contribution in [0.15, 0.2) is 102 Å². The van der Waals surface area contributed by atoms with Crippen molar-refractivity contribution in [1.29, 1.82) is 0 Å². The Balaban J connectivity index is 0.991. The molecule has 0 spiro atoms. The molecule has 2 amide bonds. The molecule has 44 heavy (non-hydrogen) atoms. The SMILES string of the molecule is O=C(COC(=O)c1cccc(N2C(=O)[C@@H]3[C@@H]4C[C@@H]([C@H]3C2=O)[C@H](c2ccccc2)C4)c1)c1ccc(OC(=O)c2ccco2)cc1. The number of nitrogens with zero attached hydrogens (tertiary/aromatic N) is 1. The van der Waals surface area contributed by atoms with Gasteiger partial charge in [0.25, 0.3) is 0 Å². The highest BCUT2D eigenvalue weighted by Crippen LogP contribution is 2.61. The fourth-order valence-corrected chi connectivity index (χ4v) is 7.13. The van der Waals surface area contributed by atoms with Gasteiger partial charge in [-0.3, -0.25) is 19.3 Å². The lowest BCUT2D eigenvalue weighted by Gasteiger charge is -2.28. The number of hydrogen-bond donors (Lipinski definition) is 0. The summed E-state index contributed by atoms with van der Waals surface area (Å²) in [5.41, 5.74) is 1.91. The highest BCUT2D eigenvalue weighted by atomic mass is 16.5. The number of carbonyl (C=O) groups is 5. The van der Waals surface area contributed by atoms with Crippen LogP contribution < -0.4 is 9.64 Å². The number of carbonyl (C=O) groups excluding carboxylic acids is 5. The fraction of sp³-hybridized carbons (Fsp3) is 0.229. The number of amides is 2. The lowest BCUT2D eigenvalue weighted by molar-refractivity contribution is -0.123. The highest BCUT2D eigenvalue weighted by Gasteiger charge is 2.64. The molecule has 0 N–H and O–H groups in total.